The molecular formula is C16H23N5O2S. The van der Waals surface area contributed by atoms with Crippen LogP contribution in [-0.4, -0.2) is 59.8 Å². The molecular weight excluding hydrogens is 326 g/mol. The van der Waals surface area contributed by atoms with Crippen LogP contribution in [0.1, 0.15) is 40.3 Å². The van der Waals surface area contributed by atoms with Crippen LogP contribution >= 0.6 is 12.2 Å². The van der Waals surface area contributed by atoms with Crippen molar-refractivity contribution in [2.24, 2.45) is 10.8 Å². The molecule has 7 nitrogen and oxygen atoms in total. The quantitative estimate of drug-likeness (QED) is 0.608. The summed E-state index contributed by atoms with van der Waals surface area (Å²) >= 11 is 4.81. The number of amides is 1. The summed E-state index contributed by atoms with van der Waals surface area (Å²) < 4.78 is 5.94. The standard InChI is InChI=1S/C16H23N5O2S/c1-10-13-11(18-19-16(17)24)4-3-5-12(13)23-14(10)15(22)21-8-6-20(2)7-9-21/h3-9H2,1-2H3,(H3,17,19,24)/b18-11+. The van der Waals surface area contributed by atoms with Crippen molar-refractivity contribution in [2.45, 2.75) is 26.2 Å². The lowest BCUT2D eigenvalue weighted by Gasteiger charge is -2.31. The third-order valence-electron chi connectivity index (χ3n) is 4.61. The molecule has 0 atom stereocenters. The largest absolute Gasteiger partial charge is 0.455 e. The number of fused-ring (bicyclic) bond motifs is 1. The Morgan fingerprint density at radius 3 is 2.67 bits per heavy atom. The summed E-state index contributed by atoms with van der Waals surface area (Å²) in [6.45, 7) is 5.15. The van der Waals surface area contributed by atoms with Gasteiger partial charge >= 0.3 is 0 Å². The van der Waals surface area contributed by atoms with Crippen LogP contribution in [0.3, 0.4) is 0 Å². The van der Waals surface area contributed by atoms with Gasteiger partial charge in [0.1, 0.15) is 5.76 Å². The highest BCUT2D eigenvalue weighted by Gasteiger charge is 2.31. The maximum absolute atomic E-state index is 12.8. The van der Waals surface area contributed by atoms with Crippen molar-refractivity contribution in [1.29, 1.82) is 0 Å². The zero-order valence-corrected chi connectivity index (χ0v) is 14.9. The Morgan fingerprint density at radius 1 is 1.29 bits per heavy atom. The number of hydrogen-bond donors (Lipinski definition) is 2. The van der Waals surface area contributed by atoms with Gasteiger partial charge in [0.15, 0.2) is 10.9 Å². The minimum atomic E-state index is -0.0309. The number of nitrogens with one attached hydrogen (secondary N) is 1. The van der Waals surface area contributed by atoms with E-state index in [-0.39, 0.29) is 11.0 Å². The molecule has 1 aromatic heterocycles. The third-order valence-corrected chi connectivity index (χ3v) is 4.70. The molecule has 1 aliphatic carbocycles. The Bertz CT molecular complexity index is 689. The van der Waals surface area contributed by atoms with E-state index in [2.05, 4.69) is 22.5 Å². The van der Waals surface area contributed by atoms with Gasteiger partial charge in [0, 0.05) is 43.7 Å². The fraction of sp³-hybridized carbons (Fsp3) is 0.562. The number of likely N-dealkylation sites (N-methyl/N-ethyl adjacent to an activating group) is 1. The Hall–Kier alpha value is -1.93. The third kappa shape index (κ3) is 3.29. The first-order valence-electron chi connectivity index (χ1n) is 8.20. The molecule has 1 amide bonds. The van der Waals surface area contributed by atoms with Gasteiger partial charge in [-0.25, -0.2) is 0 Å². The first kappa shape index (κ1) is 16.9. The Labute approximate surface area is 146 Å². The van der Waals surface area contributed by atoms with E-state index in [1.807, 2.05) is 11.8 Å². The molecule has 24 heavy (non-hydrogen) atoms. The highest BCUT2D eigenvalue weighted by atomic mass is 32.1. The summed E-state index contributed by atoms with van der Waals surface area (Å²) in [5.41, 5.74) is 10.7. The summed E-state index contributed by atoms with van der Waals surface area (Å²) in [5, 5.41) is 4.42. The van der Waals surface area contributed by atoms with Gasteiger partial charge in [-0.3, -0.25) is 10.2 Å². The number of nitrogens with two attached hydrogens (primary N) is 1. The average Bonchev–Trinajstić information content (AvgIpc) is 2.90. The number of carbonyl (C=O) groups is 1. The van der Waals surface area contributed by atoms with Crippen molar-refractivity contribution in [2.75, 3.05) is 33.2 Å². The van der Waals surface area contributed by atoms with E-state index >= 15 is 0 Å². The Balaban J connectivity index is 1.88. The first-order valence-corrected chi connectivity index (χ1v) is 8.60. The van der Waals surface area contributed by atoms with Gasteiger partial charge in [0.05, 0.1) is 5.71 Å². The van der Waals surface area contributed by atoms with E-state index in [0.29, 0.717) is 5.76 Å². The minimum absolute atomic E-state index is 0.0309. The fourth-order valence-corrected chi connectivity index (χ4v) is 3.31. The Kier molecular flexibility index (Phi) is 4.86. The van der Waals surface area contributed by atoms with Gasteiger partial charge in [-0.15, -0.1) is 0 Å². The normalized spacial score (nSPS) is 20.1. The number of nitrogens with zero attached hydrogens (tertiary/aromatic N) is 3. The van der Waals surface area contributed by atoms with Crippen LogP contribution in [0.25, 0.3) is 0 Å². The van der Waals surface area contributed by atoms with Crippen molar-refractivity contribution in [3.8, 4) is 0 Å². The molecule has 130 valence electrons. The van der Waals surface area contributed by atoms with Crippen LogP contribution in [-0.2, 0) is 6.42 Å². The summed E-state index contributed by atoms with van der Waals surface area (Å²) in [4.78, 5) is 16.9. The van der Waals surface area contributed by atoms with Crippen LogP contribution < -0.4 is 11.2 Å². The van der Waals surface area contributed by atoms with E-state index in [1.165, 1.54) is 0 Å². The van der Waals surface area contributed by atoms with Crippen molar-refractivity contribution in [1.82, 2.24) is 15.2 Å². The summed E-state index contributed by atoms with van der Waals surface area (Å²) in [5.74, 6) is 1.24. The van der Waals surface area contributed by atoms with E-state index in [1.54, 1.807) is 0 Å². The van der Waals surface area contributed by atoms with Crippen LogP contribution in [0.2, 0.25) is 0 Å². The number of hydrogen-bond acceptors (Lipinski definition) is 5. The van der Waals surface area contributed by atoms with Crippen LogP contribution in [0.15, 0.2) is 9.52 Å². The lowest BCUT2D eigenvalue weighted by molar-refractivity contribution is 0.0629. The molecule has 0 unspecified atom stereocenters. The molecule has 0 aromatic carbocycles. The van der Waals surface area contributed by atoms with Gasteiger partial charge in [-0.1, -0.05) is 0 Å². The lowest BCUT2D eigenvalue weighted by atomic mass is 9.93. The molecule has 3 rings (SSSR count). The number of thiocarbonyl (C=S) groups is 1. The highest BCUT2D eigenvalue weighted by Crippen LogP contribution is 2.30. The minimum Gasteiger partial charge on any atom is -0.455 e. The number of rotatable bonds is 2. The highest BCUT2D eigenvalue weighted by molar-refractivity contribution is 7.80. The van der Waals surface area contributed by atoms with E-state index in [9.17, 15) is 4.79 Å². The summed E-state index contributed by atoms with van der Waals surface area (Å²) in [6.07, 6.45) is 2.56. The summed E-state index contributed by atoms with van der Waals surface area (Å²) in [6, 6.07) is 0. The second-order valence-electron chi connectivity index (χ2n) is 6.34. The Morgan fingerprint density at radius 2 is 2.00 bits per heavy atom. The second kappa shape index (κ2) is 6.90. The summed E-state index contributed by atoms with van der Waals surface area (Å²) in [7, 11) is 2.07. The molecule has 8 heteroatoms. The van der Waals surface area contributed by atoms with Gasteiger partial charge in [0.25, 0.3) is 5.91 Å². The predicted molar refractivity (Wildman–Crippen MR) is 96.2 cm³/mol. The molecule has 0 saturated carbocycles. The lowest BCUT2D eigenvalue weighted by Crippen LogP contribution is -2.47. The van der Waals surface area contributed by atoms with Crippen molar-refractivity contribution in [3.05, 3.63) is 22.6 Å². The molecule has 0 radical (unpaired) electrons. The van der Waals surface area contributed by atoms with Gasteiger partial charge in [-0.05, 0) is 39.0 Å². The van der Waals surface area contributed by atoms with E-state index in [4.69, 9.17) is 22.4 Å². The van der Waals surface area contributed by atoms with E-state index in [0.717, 1.165) is 68.0 Å². The van der Waals surface area contributed by atoms with Crippen LogP contribution in [0.5, 0.6) is 0 Å². The number of aryl methyl sites for hydroxylation is 1. The van der Waals surface area contributed by atoms with E-state index < -0.39 is 0 Å². The topological polar surface area (TPSA) is 87.1 Å². The number of carbonyl (C=O) groups excluding carboxylic acids is 1. The fourth-order valence-electron chi connectivity index (χ4n) is 3.26. The SMILES string of the molecule is Cc1c(C(=O)N2CCN(C)CC2)oc2c1/C(=N/NC(N)=S)CCC2. The van der Waals surface area contributed by atoms with Crippen LogP contribution in [0.4, 0.5) is 0 Å². The average molecular weight is 349 g/mol. The van der Waals surface area contributed by atoms with Crippen LogP contribution in [0, 0.1) is 6.92 Å². The molecule has 1 aliphatic heterocycles. The molecule has 1 saturated heterocycles. The monoisotopic (exact) mass is 349 g/mol. The van der Waals surface area contributed by atoms with Crippen molar-refractivity contribution < 1.29 is 9.21 Å². The van der Waals surface area contributed by atoms with Gasteiger partial charge in [-0.2, -0.15) is 5.10 Å². The molecule has 0 spiro atoms. The van der Waals surface area contributed by atoms with Crippen molar-refractivity contribution >= 4 is 28.9 Å². The number of hydrazone groups is 1. The van der Waals surface area contributed by atoms with Crippen molar-refractivity contribution in [3.63, 3.8) is 0 Å². The first-order chi connectivity index (χ1) is 11.5. The molecule has 0 bridgehead atoms. The molecule has 3 N–H and O–H groups in total. The van der Waals surface area contributed by atoms with Gasteiger partial charge in [0.2, 0.25) is 0 Å². The maximum atomic E-state index is 12.8. The molecule has 1 aromatic rings. The van der Waals surface area contributed by atoms with Gasteiger partial charge < -0.3 is 20.0 Å². The second-order valence-corrected chi connectivity index (χ2v) is 6.78. The zero-order chi connectivity index (χ0) is 17.3. The molecule has 2 heterocycles. The predicted octanol–water partition coefficient (Wildman–Crippen LogP) is 0.849. The number of furan rings is 1. The maximum Gasteiger partial charge on any atom is 0.289 e. The number of piperazine rings is 1. The molecule has 2 aliphatic rings. The molecule has 1 fully saturated rings. The zero-order valence-electron chi connectivity index (χ0n) is 14.1. The smallest absolute Gasteiger partial charge is 0.289 e.